The van der Waals surface area contributed by atoms with Gasteiger partial charge < -0.3 is 9.30 Å². The topological polar surface area (TPSA) is 48.3 Å². The van der Waals surface area contributed by atoms with Gasteiger partial charge in [0.15, 0.2) is 0 Å². The molecule has 1 unspecified atom stereocenters. The Labute approximate surface area is 154 Å². The first kappa shape index (κ1) is 18.3. The van der Waals surface area contributed by atoms with Crippen molar-refractivity contribution >= 4 is 27.7 Å². The minimum Gasteiger partial charge on any atom is -0.462 e. The molecule has 1 atom stereocenters. The Hall–Kier alpha value is -2.47. The van der Waals surface area contributed by atoms with E-state index in [-0.39, 0.29) is 5.82 Å². The first-order valence-electron chi connectivity index (χ1n) is 8.30. The molecule has 0 fully saturated rings. The summed E-state index contributed by atoms with van der Waals surface area (Å²) in [5, 5.41) is 0.774. The minimum absolute atomic E-state index is 0.280. The number of halogens is 1. The van der Waals surface area contributed by atoms with Crippen LogP contribution >= 0.6 is 0 Å². The standard InChI is InChI=1S/C20H20FNO3S/c1-4-25-20(23)15-7-10-18-17(11-15)19(26(3)24)13(2)22(18)12-14-5-8-16(21)9-6-14/h5-11H,4,12H2,1-3H3. The van der Waals surface area contributed by atoms with E-state index in [4.69, 9.17) is 4.74 Å². The third-order valence-corrected chi connectivity index (χ3v) is 5.41. The zero-order valence-corrected chi connectivity index (χ0v) is 15.7. The van der Waals surface area contributed by atoms with Crippen LogP contribution in [-0.2, 0) is 22.1 Å². The van der Waals surface area contributed by atoms with Gasteiger partial charge in [-0.1, -0.05) is 12.1 Å². The number of fused-ring (bicyclic) bond motifs is 1. The fourth-order valence-corrected chi connectivity index (χ4v) is 4.13. The number of carbonyl (C=O) groups excluding carboxylic acids is 1. The van der Waals surface area contributed by atoms with Crippen LogP contribution < -0.4 is 0 Å². The van der Waals surface area contributed by atoms with Crippen LogP contribution in [-0.4, -0.2) is 27.6 Å². The lowest BCUT2D eigenvalue weighted by Crippen LogP contribution is -2.05. The molecule has 0 aliphatic rings. The van der Waals surface area contributed by atoms with Gasteiger partial charge in [-0.25, -0.2) is 9.18 Å². The number of benzene rings is 2. The van der Waals surface area contributed by atoms with Crippen LogP contribution in [0.1, 0.15) is 28.5 Å². The van der Waals surface area contributed by atoms with Crippen LogP contribution in [0.2, 0.25) is 0 Å². The van der Waals surface area contributed by atoms with Gasteiger partial charge in [0.2, 0.25) is 0 Å². The summed E-state index contributed by atoms with van der Waals surface area (Å²) in [7, 11) is -1.21. The number of ether oxygens (including phenoxy) is 1. The summed E-state index contributed by atoms with van der Waals surface area (Å²) in [5.74, 6) is -0.677. The van der Waals surface area contributed by atoms with Gasteiger partial charge in [-0.15, -0.1) is 0 Å². The number of carbonyl (C=O) groups is 1. The van der Waals surface area contributed by atoms with Gasteiger partial charge in [0.05, 0.1) is 27.9 Å². The van der Waals surface area contributed by atoms with E-state index < -0.39 is 16.8 Å². The van der Waals surface area contributed by atoms with Crippen molar-refractivity contribution in [3.8, 4) is 0 Å². The number of rotatable bonds is 5. The van der Waals surface area contributed by atoms with Crippen LogP contribution in [0, 0.1) is 12.7 Å². The van der Waals surface area contributed by atoms with E-state index in [1.54, 1.807) is 37.4 Å². The highest BCUT2D eigenvalue weighted by atomic mass is 32.2. The van der Waals surface area contributed by atoms with Crippen molar-refractivity contribution in [1.82, 2.24) is 4.57 Å². The Balaban J connectivity index is 2.14. The van der Waals surface area contributed by atoms with Gasteiger partial charge in [-0.05, 0) is 49.7 Å². The van der Waals surface area contributed by atoms with Gasteiger partial charge >= 0.3 is 5.97 Å². The Morgan fingerprint density at radius 3 is 2.50 bits per heavy atom. The number of esters is 1. The zero-order valence-electron chi connectivity index (χ0n) is 14.9. The molecule has 6 heteroatoms. The molecule has 0 aliphatic heterocycles. The smallest absolute Gasteiger partial charge is 0.338 e. The fourth-order valence-electron chi connectivity index (χ4n) is 3.13. The van der Waals surface area contributed by atoms with Gasteiger partial charge in [-0.3, -0.25) is 4.21 Å². The van der Waals surface area contributed by atoms with E-state index in [1.807, 2.05) is 17.6 Å². The molecule has 0 saturated carbocycles. The Morgan fingerprint density at radius 2 is 1.88 bits per heavy atom. The molecule has 0 N–H and O–H groups in total. The molecule has 0 bridgehead atoms. The summed E-state index contributed by atoms with van der Waals surface area (Å²) in [5.41, 5.74) is 3.12. The molecular weight excluding hydrogens is 353 g/mol. The molecule has 26 heavy (non-hydrogen) atoms. The van der Waals surface area contributed by atoms with E-state index in [1.165, 1.54) is 12.1 Å². The third-order valence-electron chi connectivity index (χ3n) is 4.32. The molecule has 0 aliphatic carbocycles. The quantitative estimate of drug-likeness (QED) is 0.634. The molecule has 0 amide bonds. The second-order valence-electron chi connectivity index (χ2n) is 6.03. The highest BCUT2D eigenvalue weighted by molar-refractivity contribution is 7.84. The van der Waals surface area contributed by atoms with Crippen molar-refractivity contribution < 1.29 is 18.1 Å². The maximum absolute atomic E-state index is 13.2. The molecular formula is C20H20FNO3S. The molecule has 0 saturated heterocycles. The first-order valence-corrected chi connectivity index (χ1v) is 9.86. The largest absolute Gasteiger partial charge is 0.462 e. The zero-order chi connectivity index (χ0) is 18.8. The van der Waals surface area contributed by atoms with Crippen LogP contribution in [0.5, 0.6) is 0 Å². The summed E-state index contributed by atoms with van der Waals surface area (Å²) >= 11 is 0. The van der Waals surface area contributed by atoms with Gasteiger partial charge in [-0.2, -0.15) is 0 Å². The van der Waals surface area contributed by atoms with Crippen LogP contribution in [0.25, 0.3) is 10.9 Å². The van der Waals surface area contributed by atoms with Crippen molar-refractivity contribution in [2.75, 3.05) is 12.9 Å². The molecule has 3 rings (SSSR count). The van der Waals surface area contributed by atoms with Crippen LogP contribution in [0.4, 0.5) is 4.39 Å². The molecule has 4 nitrogen and oxygen atoms in total. The minimum atomic E-state index is -1.21. The average Bonchev–Trinajstić information content (AvgIpc) is 2.88. The summed E-state index contributed by atoms with van der Waals surface area (Å²) in [6.07, 6.45) is 1.63. The SMILES string of the molecule is CCOC(=O)c1ccc2c(c1)c(S(C)=O)c(C)n2Cc1ccc(F)cc1. The second kappa shape index (κ2) is 7.41. The maximum atomic E-state index is 13.2. The number of aromatic nitrogens is 1. The Kier molecular flexibility index (Phi) is 5.23. The van der Waals surface area contributed by atoms with E-state index >= 15 is 0 Å². The summed E-state index contributed by atoms with van der Waals surface area (Å²) in [4.78, 5) is 12.7. The van der Waals surface area contributed by atoms with Gasteiger partial charge in [0, 0.05) is 29.4 Å². The number of hydrogen-bond acceptors (Lipinski definition) is 3. The lowest BCUT2D eigenvalue weighted by Gasteiger charge is -2.09. The lowest BCUT2D eigenvalue weighted by atomic mass is 10.1. The van der Waals surface area contributed by atoms with Crippen molar-refractivity contribution in [2.24, 2.45) is 0 Å². The Bertz CT molecular complexity index is 992. The Morgan fingerprint density at radius 1 is 1.19 bits per heavy atom. The molecule has 136 valence electrons. The normalized spacial score (nSPS) is 12.3. The highest BCUT2D eigenvalue weighted by Gasteiger charge is 2.19. The van der Waals surface area contributed by atoms with E-state index in [2.05, 4.69) is 0 Å². The monoisotopic (exact) mass is 373 g/mol. The molecule has 2 aromatic carbocycles. The van der Waals surface area contributed by atoms with E-state index in [0.29, 0.717) is 23.6 Å². The molecule has 1 aromatic heterocycles. The van der Waals surface area contributed by atoms with Crippen molar-refractivity contribution in [3.63, 3.8) is 0 Å². The van der Waals surface area contributed by atoms with Crippen molar-refractivity contribution in [1.29, 1.82) is 0 Å². The summed E-state index contributed by atoms with van der Waals surface area (Å²) in [6.45, 7) is 4.49. The number of hydrogen-bond donors (Lipinski definition) is 0. The molecule has 0 spiro atoms. The van der Waals surface area contributed by atoms with Crippen LogP contribution in [0.15, 0.2) is 47.4 Å². The predicted molar refractivity (Wildman–Crippen MR) is 100 cm³/mol. The average molecular weight is 373 g/mol. The van der Waals surface area contributed by atoms with Gasteiger partial charge in [0.1, 0.15) is 5.82 Å². The molecule has 3 aromatic rings. The van der Waals surface area contributed by atoms with Crippen molar-refractivity contribution in [3.05, 3.63) is 65.1 Å². The summed E-state index contributed by atoms with van der Waals surface area (Å²) in [6, 6.07) is 11.6. The molecule has 1 heterocycles. The first-order chi connectivity index (χ1) is 12.4. The highest BCUT2D eigenvalue weighted by Crippen LogP contribution is 2.30. The summed E-state index contributed by atoms with van der Waals surface area (Å²) < 4.78 is 32.6. The van der Waals surface area contributed by atoms with Crippen molar-refractivity contribution in [2.45, 2.75) is 25.3 Å². The van der Waals surface area contributed by atoms with E-state index in [9.17, 15) is 13.4 Å². The lowest BCUT2D eigenvalue weighted by molar-refractivity contribution is 0.0526. The fraction of sp³-hybridized carbons (Fsp3) is 0.250. The van der Waals surface area contributed by atoms with Crippen LogP contribution in [0.3, 0.4) is 0 Å². The van der Waals surface area contributed by atoms with E-state index in [0.717, 1.165) is 22.2 Å². The second-order valence-corrected chi connectivity index (χ2v) is 7.35. The third kappa shape index (κ3) is 3.42. The number of nitrogens with zero attached hydrogens (tertiary/aromatic N) is 1. The molecule has 0 radical (unpaired) electrons. The predicted octanol–water partition coefficient (Wildman–Crippen LogP) is 4.05. The van der Waals surface area contributed by atoms with Gasteiger partial charge in [0.25, 0.3) is 0 Å². The maximum Gasteiger partial charge on any atom is 0.338 e.